The molecule has 0 unspecified atom stereocenters. The normalized spacial score (nSPS) is 11.5. The van der Waals surface area contributed by atoms with Crippen LogP contribution in [0.25, 0.3) is 0 Å². The fourth-order valence-corrected chi connectivity index (χ4v) is 3.49. The Morgan fingerprint density at radius 2 is 2.06 bits per heavy atom. The summed E-state index contributed by atoms with van der Waals surface area (Å²) >= 11 is 1.15. The molecule has 96 valence electrons. The number of carbonyl (C=O) groups is 1. The lowest BCUT2D eigenvalue weighted by Crippen LogP contribution is -2.31. The fourth-order valence-electron chi connectivity index (χ4n) is 1.03. The van der Waals surface area contributed by atoms with Crippen LogP contribution < -0.4 is 10.6 Å². The molecule has 0 radical (unpaired) electrons. The van der Waals surface area contributed by atoms with Gasteiger partial charge in [-0.3, -0.25) is 0 Å². The molecule has 2 N–H and O–H groups in total. The minimum Gasteiger partial charge on any atom is -0.341 e. The van der Waals surface area contributed by atoms with Crippen molar-refractivity contribution in [1.29, 1.82) is 0 Å². The molecular formula is C9H15N3O3S2. The molecule has 0 aliphatic rings. The van der Waals surface area contributed by atoms with Crippen LogP contribution in [-0.4, -0.2) is 39.9 Å². The highest BCUT2D eigenvalue weighted by molar-refractivity contribution is 7.91. The Morgan fingerprint density at radius 3 is 2.59 bits per heavy atom. The maximum Gasteiger partial charge on any atom is 0.314 e. The number of nitrogens with zero attached hydrogens (tertiary/aromatic N) is 1. The fraction of sp³-hybridized carbons (Fsp3) is 0.444. The molecule has 1 rings (SSSR count). The molecule has 0 atom stereocenters. The standard InChI is InChI=1S/C9H15N3O3S2/c1-10-9(13)11-6-7-4-5-8(16-7)17(14,15)12(2)3/h4-5H,6H2,1-3H3,(H2,10,11,13). The zero-order chi connectivity index (χ0) is 13.1. The van der Waals surface area contributed by atoms with Crippen molar-refractivity contribution in [2.75, 3.05) is 21.1 Å². The Balaban J connectivity index is 2.76. The van der Waals surface area contributed by atoms with Crippen LogP contribution in [0.15, 0.2) is 16.3 Å². The number of rotatable bonds is 4. The predicted molar refractivity (Wildman–Crippen MR) is 66.5 cm³/mol. The van der Waals surface area contributed by atoms with E-state index >= 15 is 0 Å². The largest absolute Gasteiger partial charge is 0.341 e. The highest BCUT2D eigenvalue weighted by Gasteiger charge is 2.19. The van der Waals surface area contributed by atoms with Gasteiger partial charge >= 0.3 is 6.03 Å². The Morgan fingerprint density at radius 1 is 1.41 bits per heavy atom. The molecule has 0 aliphatic carbocycles. The number of hydrogen-bond donors (Lipinski definition) is 2. The predicted octanol–water partition coefficient (Wildman–Crippen LogP) is 0.427. The van der Waals surface area contributed by atoms with E-state index in [1.54, 1.807) is 12.1 Å². The van der Waals surface area contributed by atoms with Crippen LogP contribution in [0.1, 0.15) is 4.88 Å². The Hall–Kier alpha value is -1.12. The quantitative estimate of drug-likeness (QED) is 0.837. The summed E-state index contributed by atoms with van der Waals surface area (Å²) < 4.78 is 25.0. The molecule has 1 aromatic heterocycles. The monoisotopic (exact) mass is 277 g/mol. The second kappa shape index (κ2) is 5.48. The van der Waals surface area contributed by atoms with Crippen molar-refractivity contribution in [2.45, 2.75) is 10.8 Å². The first-order valence-electron chi connectivity index (χ1n) is 4.84. The summed E-state index contributed by atoms with van der Waals surface area (Å²) in [7, 11) is 1.11. The first-order chi connectivity index (χ1) is 7.87. The van der Waals surface area contributed by atoms with E-state index < -0.39 is 10.0 Å². The van der Waals surface area contributed by atoms with Gasteiger partial charge in [-0.1, -0.05) is 0 Å². The van der Waals surface area contributed by atoms with Gasteiger partial charge in [-0.2, -0.15) is 0 Å². The van der Waals surface area contributed by atoms with Crippen molar-refractivity contribution in [3.8, 4) is 0 Å². The van der Waals surface area contributed by atoms with Gasteiger partial charge in [0.25, 0.3) is 10.0 Å². The molecule has 0 fully saturated rings. The first kappa shape index (κ1) is 13.9. The van der Waals surface area contributed by atoms with Gasteiger partial charge in [0.1, 0.15) is 4.21 Å². The number of sulfonamides is 1. The van der Waals surface area contributed by atoms with Gasteiger partial charge in [-0.15, -0.1) is 11.3 Å². The zero-order valence-electron chi connectivity index (χ0n) is 9.85. The minimum absolute atomic E-state index is 0.274. The molecule has 8 heteroatoms. The molecule has 1 heterocycles. The van der Waals surface area contributed by atoms with E-state index in [1.807, 2.05) is 0 Å². The van der Waals surface area contributed by atoms with Crippen molar-refractivity contribution in [1.82, 2.24) is 14.9 Å². The van der Waals surface area contributed by atoms with E-state index in [1.165, 1.54) is 21.1 Å². The number of hydrogen-bond acceptors (Lipinski definition) is 4. The summed E-state index contributed by atoms with van der Waals surface area (Å²) in [5.74, 6) is 0. The summed E-state index contributed by atoms with van der Waals surface area (Å²) in [6, 6.07) is 2.94. The van der Waals surface area contributed by atoms with Gasteiger partial charge < -0.3 is 10.6 Å². The summed E-state index contributed by atoms with van der Waals surface area (Å²) in [5.41, 5.74) is 0. The number of carbonyl (C=O) groups excluding carboxylic acids is 1. The summed E-state index contributed by atoms with van der Waals surface area (Å²) in [5, 5.41) is 5.01. The number of amides is 2. The lowest BCUT2D eigenvalue weighted by Gasteiger charge is -2.08. The molecule has 0 bridgehead atoms. The smallest absolute Gasteiger partial charge is 0.314 e. The third kappa shape index (κ3) is 3.42. The van der Waals surface area contributed by atoms with Crippen molar-refractivity contribution in [3.63, 3.8) is 0 Å². The second-order valence-corrected chi connectivity index (χ2v) is 6.99. The molecule has 6 nitrogen and oxygen atoms in total. The topological polar surface area (TPSA) is 78.5 Å². The number of urea groups is 1. The summed E-state index contributed by atoms with van der Waals surface area (Å²) in [6.45, 7) is 0.313. The maximum atomic E-state index is 11.8. The Kier molecular flexibility index (Phi) is 4.49. The Labute approximate surface area is 105 Å². The molecule has 0 saturated heterocycles. The Bertz CT molecular complexity index is 493. The summed E-state index contributed by atoms with van der Waals surface area (Å²) in [6.07, 6.45) is 0. The molecule has 0 aromatic carbocycles. The molecule has 0 spiro atoms. The second-order valence-electron chi connectivity index (χ2n) is 3.44. The lowest BCUT2D eigenvalue weighted by atomic mass is 10.5. The van der Waals surface area contributed by atoms with Crippen molar-refractivity contribution < 1.29 is 13.2 Å². The van der Waals surface area contributed by atoms with Gasteiger partial charge in [0.15, 0.2) is 0 Å². The van der Waals surface area contributed by atoms with Gasteiger partial charge in [0.2, 0.25) is 0 Å². The average Bonchev–Trinajstić information content (AvgIpc) is 2.74. The van der Waals surface area contributed by atoms with E-state index in [4.69, 9.17) is 0 Å². The van der Waals surface area contributed by atoms with Crippen LogP contribution in [0.4, 0.5) is 4.79 Å². The molecule has 1 aromatic rings. The molecule has 17 heavy (non-hydrogen) atoms. The third-order valence-corrected chi connectivity index (χ3v) is 5.39. The SMILES string of the molecule is CNC(=O)NCc1ccc(S(=O)(=O)N(C)C)s1. The minimum atomic E-state index is -3.38. The van der Waals surface area contributed by atoms with Crippen LogP contribution >= 0.6 is 11.3 Å². The number of nitrogens with one attached hydrogen (secondary N) is 2. The van der Waals surface area contributed by atoms with Crippen LogP contribution in [0.2, 0.25) is 0 Å². The van der Waals surface area contributed by atoms with Crippen LogP contribution in [0.5, 0.6) is 0 Å². The van der Waals surface area contributed by atoms with Gasteiger partial charge in [-0.25, -0.2) is 17.5 Å². The van der Waals surface area contributed by atoms with E-state index in [0.29, 0.717) is 6.54 Å². The highest BCUT2D eigenvalue weighted by Crippen LogP contribution is 2.23. The summed E-state index contributed by atoms with van der Waals surface area (Å²) in [4.78, 5) is 11.7. The van der Waals surface area contributed by atoms with Gasteiger partial charge in [0.05, 0.1) is 6.54 Å². The van der Waals surface area contributed by atoms with Crippen LogP contribution in [0, 0.1) is 0 Å². The van der Waals surface area contributed by atoms with Crippen LogP contribution in [0.3, 0.4) is 0 Å². The molecule has 0 aliphatic heterocycles. The van der Waals surface area contributed by atoms with E-state index in [9.17, 15) is 13.2 Å². The van der Waals surface area contributed by atoms with Crippen LogP contribution in [-0.2, 0) is 16.6 Å². The van der Waals surface area contributed by atoms with Crippen molar-refractivity contribution >= 4 is 27.4 Å². The highest BCUT2D eigenvalue weighted by atomic mass is 32.2. The third-order valence-electron chi connectivity index (χ3n) is 2.02. The van der Waals surface area contributed by atoms with E-state index in [-0.39, 0.29) is 10.2 Å². The average molecular weight is 277 g/mol. The number of thiophene rings is 1. The van der Waals surface area contributed by atoms with Gasteiger partial charge in [-0.05, 0) is 12.1 Å². The zero-order valence-corrected chi connectivity index (χ0v) is 11.5. The van der Waals surface area contributed by atoms with Crippen molar-refractivity contribution in [3.05, 3.63) is 17.0 Å². The van der Waals surface area contributed by atoms with Gasteiger partial charge in [0, 0.05) is 26.0 Å². The maximum absolute atomic E-state index is 11.8. The first-order valence-corrected chi connectivity index (χ1v) is 7.10. The van der Waals surface area contributed by atoms with Crippen molar-refractivity contribution in [2.24, 2.45) is 0 Å². The lowest BCUT2D eigenvalue weighted by molar-refractivity contribution is 0.242. The molecule has 0 saturated carbocycles. The molecule has 2 amide bonds. The van der Waals surface area contributed by atoms with E-state index in [2.05, 4.69) is 10.6 Å². The van der Waals surface area contributed by atoms with E-state index in [0.717, 1.165) is 20.5 Å². The molecular weight excluding hydrogens is 262 g/mol.